The van der Waals surface area contributed by atoms with Crippen molar-refractivity contribution in [3.8, 4) is 0 Å². The molecule has 1 aliphatic rings. The summed E-state index contributed by atoms with van der Waals surface area (Å²) < 4.78 is 15.7. The smallest absolute Gasteiger partial charge is 0.141 e. The number of benzene rings is 1. The van der Waals surface area contributed by atoms with E-state index in [0.717, 1.165) is 27.9 Å². The van der Waals surface area contributed by atoms with Crippen LogP contribution >= 0.6 is 11.6 Å². The van der Waals surface area contributed by atoms with Crippen molar-refractivity contribution in [1.29, 1.82) is 0 Å². The van der Waals surface area contributed by atoms with Crippen molar-refractivity contribution >= 4 is 28.4 Å². The molecule has 1 unspecified atom stereocenters. The fourth-order valence-electron chi connectivity index (χ4n) is 3.39. The Kier molecular flexibility index (Phi) is 4.25. The molecule has 0 spiro atoms. The summed E-state index contributed by atoms with van der Waals surface area (Å²) in [5.41, 5.74) is 6.40. The highest BCUT2D eigenvalue weighted by molar-refractivity contribution is 6.31. The molecule has 0 bridgehead atoms. The summed E-state index contributed by atoms with van der Waals surface area (Å²) in [6.07, 6.45) is 12.1. The van der Waals surface area contributed by atoms with Gasteiger partial charge in [-0.25, -0.2) is 9.37 Å². The zero-order valence-corrected chi connectivity index (χ0v) is 15.3. The first-order valence-electron chi connectivity index (χ1n) is 8.52. The van der Waals surface area contributed by atoms with Crippen LogP contribution in [-0.4, -0.2) is 9.38 Å². The second-order valence-electron chi connectivity index (χ2n) is 6.56. The van der Waals surface area contributed by atoms with E-state index < -0.39 is 5.82 Å². The Hall–Kier alpha value is -2.65. The van der Waals surface area contributed by atoms with Gasteiger partial charge < -0.3 is 4.40 Å². The molecule has 26 heavy (non-hydrogen) atoms. The lowest BCUT2D eigenvalue weighted by atomic mass is 9.84. The highest BCUT2D eigenvalue weighted by Crippen LogP contribution is 2.39. The van der Waals surface area contributed by atoms with E-state index in [9.17, 15) is 4.39 Å². The normalized spacial score (nSPS) is 17.5. The van der Waals surface area contributed by atoms with Crippen LogP contribution in [0.15, 0.2) is 72.7 Å². The monoisotopic (exact) mass is 364 g/mol. The van der Waals surface area contributed by atoms with Gasteiger partial charge in [0.15, 0.2) is 0 Å². The van der Waals surface area contributed by atoms with Gasteiger partial charge in [0.1, 0.15) is 11.5 Å². The highest BCUT2D eigenvalue weighted by atomic mass is 35.5. The Balaban J connectivity index is 1.98. The van der Waals surface area contributed by atoms with Crippen molar-refractivity contribution in [2.24, 2.45) is 5.92 Å². The Morgan fingerprint density at radius 3 is 2.77 bits per heavy atom. The summed E-state index contributed by atoms with van der Waals surface area (Å²) in [6.45, 7) is 4.28. The molecule has 1 aliphatic carbocycles. The molecule has 2 heterocycles. The van der Waals surface area contributed by atoms with Crippen molar-refractivity contribution in [2.45, 2.75) is 13.8 Å². The van der Waals surface area contributed by atoms with Gasteiger partial charge >= 0.3 is 0 Å². The fraction of sp³-hybridized carbons (Fsp3) is 0.136. The second-order valence-corrected chi connectivity index (χ2v) is 6.97. The second kappa shape index (κ2) is 6.58. The Bertz CT molecular complexity index is 1090. The van der Waals surface area contributed by atoms with Crippen LogP contribution in [0.25, 0.3) is 16.8 Å². The number of fused-ring (bicyclic) bond motifs is 1. The van der Waals surface area contributed by atoms with Gasteiger partial charge in [0.2, 0.25) is 0 Å². The minimum Gasteiger partial charge on any atom is -0.306 e. The zero-order chi connectivity index (χ0) is 18.3. The van der Waals surface area contributed by atoms with Gasteiger partial charge in [-0.2, -0.15) is 0 Å². The van der Waals surface area contributed by atoms with Crippen molar-refractivity contribution in [1.82, 2.24) is 9.38 Å². The summed E-state index contributed by atoms with van der Waals surface area (Å²) in [5, 5.41) is 0.140. The van der Waals surface area contributed by atoms with E-state index in [1.165, 1.54) is 11.6 Å². The number of imidazole rings is 1. The van der Waals surface area contributed by atoms with E-state index in [4.69, 9.17) is 11.6 Å². The number of halogens is 2. The lowest BCUT2D eigenvalue weighted by Gasteiger charge is -2.20. The van der Waals surface area contributed by atoms with Gasteiger partial charge in [0.05, 0.1) is 5.02 Å². The van der Waals surface area contributed by atoms with Crippen molar-refractivity contribution < 1.29 is 4.39 Å². The van der Waals surface area contributed by atoms with Crippen LogP contribution < -0.4 is 0 Å². The van der Waals surface area contributed by atoms with Gasteiger partial charge in [-0.3, -0.25) is 0 Å². The van der Waals surface area contributed by atoms with Gasteiger partial charge in [-0.05, 0) is 53.5 Å². The van der Waals surface area contributed by atoms with Gasteiger partial charge in [-0.15, -0.1) is 0 Å². The number of pyridine rings is 1. The molecule has 2 aromatic heterocycles. The quantitative estimate of drug-likeness (QED) is 0.530. The van der Waals surface area contributed by atoms with E-state index in [1.807, 2.05) is 16.7 Å². The summed E-state index contributed by atoms with van der Waals surface area (Å²) in [5.74, 6) is -0.221. The number of aromatic nitrogens is 2. The highest BCUT2D eigenvalue weighted by Gasteiger charge is 2.20. The summed E-state index contributed by atoms with van der Waals surface area (Å²) >= 11 is 6.07. The number of rotatable bonds is 2. The molecule has 0 amide bonds. The molecule has 0 N–H and O–H groups in total. The minimum atomic E-state index is -0.401. The largest absolute Gasteiger partial charge is 0.306 e. The molecule has 0 saturated carbocycles. The van der Waals surface area contributed by atoms with Crippen LogP contribution in [0.4, 0.5) is 4.39 Å². The number of nitrogens with zero attached hydrogens (tertiary/aromatic N) is 2. The maximum Gasteiger partial charge on any atom is 0.141 e. The molecule has 1 aromatic carbocycles. The first kappa shape index (κ1) is 16.8. The van der Waals surface area contributed by atoms with Crippen LogP contribution in [-0.2, 0) is 0 Å². The average Bonchev–Trinajstić information content (AvgIpc) is 3.05. The summed E-state index contributed by atoms with van der Waals surface area (Å²) in [6, 6.07) is 9.02. The molecular formula is C22H18ClFN2. The lowest BCUT2D eigenvalue weighted by Crippen LogP contribution is -2.03. The molecule has 0 fully saturated rings. The molecule has 0 aliphatic heterocycles. The van der Waals surface area contributed by atoms with E-state index in [-0.39, 0.29) is 10.9 Å². The molecule has 0 radical (unpaired) electrons. The van der Waals surface area contributed by atoms with Crippen molar-refractivity contribution in [3.05, 3.63) is 94.7 Å². The topological polar surface area (TPSA) is 17.3 Å². The van der Waals surface area contributed by atoms with E-state index in [0.29, 0.717) is 0 Å². The molecule has 130 valence electrons. The Labute approximate surface area is 157 Å². The van der Waals surface area contributed by atoms with Gasteiger partial charge in [0.25, 0.3) is 0 Å². The Morgan fingerprint density at radius 2 is 1.96 bits per heavy atom. The third-order valence-corrected chi connectivity index (χ3v) is 5.25. The molecule has 4 heteroatoms. The standard InChI is InChI=1S/C22H18ClFN2/c1-14-4-3-5-18(17-7-9-21-25-10-11-26(21)13-17)22(15(14)2)16-6-8-20(24)19(23)12-16/h3-13,15H,1-2H3. The van der Waals surface area contributed by atoms with Crippen molar-refractivity contribution in [2.75, 3.05) is 0 Å². The predicted molar refractivity (Wildman–Crippen MR) is 105 cm³/mol. The first-order valence-corrected chi connectivity index (χ1v) is 8.90. The van der Waals surface area contributed by atoms with Crippen LogP contribution in [0, 0.1) is 11.7 Å². The number of allylic oxidation sites excluding steroid dienone is 6. The fourth-order valence-corrected chi connectivity index (χ4v) is 3.57. The van der Waals surface area contributed by atoms with E-state index >= 15 is 0 Å². The molecule has 3 aromatic rings. The molecule has 2 nitrogen and oxygen atoms in total. The number of hydrogen-bond acceptors (Lipinski definition) is 1. The predicted octanol–water partition coefficient (Wildman–Crippen LogP) is 6.19. The van der Waals surface area contributed by atoms with Gasteiger partial charge in [-0.1, -0.05) is 48.4 Å². The third-order valence-electron chi connectivity index (χ3n) is 4.96. The Morgan fingerprint density at radius 1 is 1.15 bits per heavy atom. The molecule has 4 rings (SSSR count). The van der Waals surface area contributed by atoms with Crippen LogP contribution in [0.3, 0.4) is 0 Å². The summed E-state index contributed by atoms with van der Waals surface area (Å²) in [4.78, 5) is 4.31. The van der Waals surface area contributed by atoms with Crippen LogP contribution in [0.1, 0.15) is 25.0 Å². The third kappa shape index (κ3) is 2.89. The van der Waals surface area contributed by atoms with Crippen LogP contribution in [0.2, 0.25) is 5.02 Å². The van der Waals surface area contributed by atoms with E-state index in [2.05, 4.69) is 49.3 Å². The first-order chi connectivity index (χ1) is 12.5. The zero-order valence-electron chi connectivity index (χ0n) is 14.6. The molecule has 0 saturated heterocycles. The van der Waals surface area contributed by atoms with Crippen LogP contribution in [0.5, 0.6) is 0 Å². The van der Waals surface area contributed by atoms with Crippen molar-refractivity contribution in [3.63, 3.8) is 0 Å². The maximum absolute atomic E-state index is 13.7. The molecule has 1 atom stereocenters. The number of hydrogen-bond donors (Lipinski definition) is 0. The van der Waals surface area contributed by atoms with E-state index in [1.54, 1.807) is 18.3 Å². The lowest BCUT2D eigenvalue weighted by molar-refractivity contribution is 0.628. The summed E-state index contributed by atoms with van der Waals surface area (Å²) in [7, 11) is 0. The average molecular weight is 365 g/mol. The van der Waals surface area contributed by atoms with Gasteiger partial charge in [0, 0.05) is 24.5 Å². The molecular weight excluding hydrogens is 347 g/mol. The minimum absolute atomic E-state index is 0.140. The maximum atomic E-state index is 13.7. The SMILES string of the molecule is CC1=CC=CC(c2ccc3nccn3c2)=C(c2ccc(F)c(Cl)c2)C1C.